The predicted molar refractivity (Wildman–Crippen MR) is 169 cm³/mol. The Balaban J connectivity index is 1.52. The van der Waals surface area contributed by atoms with E-state index in [2.05, 4.69) is 5.32 Å². The van der Waals surface area contributed by atoms with Crippen molar-refractivity contribution in [1.29, 1.82) is 0 Å². The summed E-state index contributed by atoms with van der Waals surface area (Å²) in [4.78, 5) is 53.2. The van der Waals surface area contributed by atoms with Gasteiger partial charge in [0.05, 0.1) is 41.6 Å². The van der Waals surface area contributed by atoms with Crippen LogP contribution in [0.1, 0.15) is 109 Å². The van der Waals surface area contributed by atoms with E-state index in [0.29, 0.717) is 12.8 Å². The zero-order valence-electron chi connectivity index (χ0n) is 27.7. The van der Waals surface area contributed by atoms with Gasteiger partial charge in [-0.05, 0) is 39.7 Å². The van der Waals surface area contributed by atoms with Gasteiger partial charge < -0.3 is 45.1 Å². The van der Waals surface area contributed by atoms with Crippen molar-refractivity contribution in [3.05, 3.63) is 51.6 Å². The highest BCUT2D eigenvalue weighted by Crippen LogP contribution is 2.52. The summed E-state index contributed by atoms with van der Waals surface area (Å²) in [6.45, 7) is 6.01. The van der Waals surface area contributed by atoms with Crippen LogP contribution in [0.2, 0.25) is 0 Å². The van der Waals surface area contributed by atoms with E-state index >= 15 is 0 Å². The van der Waals surface area contributed by atoms with Gasteiger partial charge in [-0.2, -0.15) is 0 Å². The van der Waals surface area contributed by atoms with E-state index in [0.717, 1.165) is 0 Å². The summed E-state index contributed by atoms with van der Waals surface area (Å²) in [5, 5.41) is 57.4. The SMILES string of the molecule is COc1cccc2c1C(=O)c1c(O)c3c(c(O)c1C2=O)C[C@@](O)(C(=O)CO)C[C@@H]3O[C@H]1C[C@H](NC(=O)CCCC(C)(C)O)[C@H](C)[C@H](C)O1. The number of methoxy groups -OCH3 is 1. The molecular weight excluding hydrogens is 626 g/mol. The highest BCUT2D eigenvalue weighted by atomic mass is 16.7. The molecule has 1 aliphatic heterocycles. The van der Waals surface area contributed by atoms with Crippen LogP contribution >= 0.6 is 0 Å². The molecule has 2 aliphatic carbocycles. The third-order valence-electron chi connectivity index (χ3n) is 9.78. The molecule has 13 nitrogen and oxygen atoms in total. The van der Waals surface area contributed by atoms with Gasteiger partial charge in [-0.25, -0.2) is 0 Å². The van der Waals surface area contributed by atoms with E-state index in [4.69, 9.17) is 14.2 Å². The summed E-state index contributed by atoms with van der Waals surface area (Å²) in [7, 11) is 1.33. The molecule has 260 valence electrons. The van der Waals surface area contributed by atoms with Gasteiger partial charge in [-0.15, -0.1) is 0 Å². The number of ketones is 3. The number of rotatable bonds is 10. The monoisotopic (exact) mass is 669 g/mol. The maximum Gasteiger partial charge on any atom is 0.220 e. The number of carbonyl (C=O) groups excluding carboxylic acids is 4. The van der Waals surface area contributed by atoms with E-state index in [1.54, 1.807) is 20.8 Å². The fourth-order valence-electron chi connectivity index (χ4n) is 6.98. The maximum absolute atomic E-state index is 13.9. The minimum atomic E-state index is -2.27. The van der Waals surface area contributed by atoms with E-state index < -0.39 is 95.2 Å². The average Bonchev–Trinajstić information content (AvgIpc) is 3.02. The van der Waals surface area contributed by atoms with Crippen molar-refractivity contribution in [3.63, 3.8) is 0 Å². The number of hydrogen-bond acceptors (Lipinski definition) is 12. The lowest BCUT2D eigenvalue weighted by Gasteiger charge is -2.43. The topological polar surface area (TPSA) is 209 Å². The largest absolute Gasteiger partial charge is 0.507 e. The molecule has 3 aliphatic rings. The molecule has 2 aromatic carbocycles. The molecule has 6 N–H and O–H groups in total. The summed E-state index contributed by atoms with van der Waals surface area (Å²) in [6.07, 6.45) is -2.65. The van der Waals surface area contributed by atoms with Crippen LogP contribution in [-0.2, 0) is 25.5 Å². The molecule has 13 heteroatoms. The minimum Gasteiger partial charge on any atom is -0.507 e. The molecule has 48 heavy (non-hydrogen) atoms. The van der Waals surface area contributed by atoms with Crippen LogP contribution in [-0.4, -0.2) is 92.1 Å². The van der Waals surface area contributed by atoms with Crippen LogP contribution in [0.25, 0.3) is 0 Å². The lowest BCUT2D eigenvalue weighted by molar-refractivity contribution is -0.238. The second kappa shape index (κ2) is 13.2. The van der Waals surface area contributed by atoms with E-state index in [-0.39, 0.29) is 52.7 Å². The molecule has 1 fully saturated rings. The zero-order chi connectivity index (χ0) is 35.3. The molecule has 0 bridgehead atoms. The molecule has 1 amide bonds. The standard InChI is InChI=1S/C35H43NO12/c1-16-17(2)47-25(12-20(16)36-24(39)10-7-11-34(3,4)44)48-22-14-35(45,23(38)15-37)13-19-27(22)33(43)29-28(31(19)41)30(40)18-8-6-9-21(46-5)26(18)32(29)42/h6,8-9,16-17,20,22,25,37,41,43-45H,7,10-15H2,1-5H3,(H,36,39)/t16-,17+,20+,22+,25+,35+/m1/s1. The van der Waals surface area contributed by atoms with Crippen LogP contribution in [0.15, 0.2) is 18.2 Å². The second-order valence-electron chi connectivity index (χ2n) is 13.7. The number of aliphatic hydroxyl groups is 3. The molecule has 0 saturated carbocycles. The Labute approximate surface area is 277 Å². The number of benzene rings is 2. The molecule has 1 heterocycles. The van der Waals surface area contributed by atoms with Gasteiger partial charge in [0, 0.05) is 54.3 Å². The third kappa shape index (κ3) is 6.45. The van der Waals surface area contributed by atoms with Crippen LogP contribution in [0, 0.1) is 5.92 Å². The van der Waals surface area contributed by atoms with Crippen LogP contribution < -0.4 is 10.1 Å². The number of phenols is 2. The fraction of sp³-hybridized carbons (Fsp3) is 0.543. The van der Waals surface area contributed by atoms with Crippen LogP contribution in [0.3, 0.4) is 0 Å². The Morgan fingerprint density at radius 1 is 1.08 bits per heavy atom. The molecule has 0 unspecified atom stereocenters. The van der Waals surface area contributed by atoms with Gasteiger partial charge in [-0.3, -0.25) is 19.2 Å². The van der Waals surface area contributed by atoms with Crippen molar-refractivity contribution < 1.29 is 58.9 Å². The molecular formula is C35H43NO12. The number of aliphatic hydroxyl groups excluding tert-OH is 1. The van der Waals surface area contributed by atoms with Crippen molar-refractivity contribution in [2.24, 2.45) is 5.92 Å². The third-order valence-corrected chi connectivity index (χ3v) is 9.78. The Morgan fingerprint density at radius 3 is 2.42 bits per heavy atom. The van der Waals surface area contributed by atoms with Gasteiger partial charge in [0.1, 0.15) is 29.5 Å². The summed E-state index contributed by atoms with van der Waals surface area (Å²) in [5.74, 6) is -4.15. The first-order valence-corrected chi connectivity index (χ1v) is 16.1. The molecule has 2 aromatic rings. The Bertz CT molecular complexity index is 1650. The number of carbonyl (C=O) groups is 4. The van der Waals surface area contributed by atoms with E-state index in [1.807, 2.05) is 6.92 Å². The molecule has 6 atom stereocenters. The number of phenolic OH excluding ortho intramolecular Hbond substituents is 2. The number of ether oxygens (including phenoxy) is 3. The first-order chi connectivity index (χ1) is 22.5. The molecule has 5 rings (SSSR count). The lowest BCUT2D eigenvalue weighted by Crippen LogP contribution is -2.52. The van der Waals surface area contributed by atoms with E-state index in [1.165, 1.54) is 25.3 Å². The van der Waals surface area contributed by atoms with Crippen molar-refractivity contribution in [2.75, 3.05) is 13.7 Å². The normalized spacial score (nSPS) is 26.7. The maximum atomic E-state index is 13.9. The summed E-state index contributed by atoms with van der Waals surface area (Å²) in [5.41, 5.74) is -4.57. The highest BCUT2D eigenvalue weighted by Gasteiger charge is 2.50. The Morgan fingerprint density at radius 2 is 1.77 bits per heavy atom. The first kappa shape index (κ1) is 35.4. The smallest absolute Gasteiger partial charge is 0.220 e. The minimum absolute atomic E-state index is 0.0568. The number of aromatic hydroxyl groups is 2. The fourth-order valence-corrected chi connectivity index (χ4v) is 6.98. The van der Waals surface area contributed by atoms with Gasteiger partial charge in [0.2, 0.25) is 11.7 Å². The molecule has 1 saturated heterocycles. The average molecular weight is 670 g/mol. The van der Waals surface area contributed by atoms with Gasteiger partial charge in [0.15, 0.2) is 17.9 Å². The number of fused-ring (bicyclic) bond motifs is 3. The molecule has 0 spiro atoms. The lowest BCUT2D eigenvalue weighted by atomic mass is 9.72. The quantitative estimate of drug-likeness (QED) is 0.172. The number of Topliss-reactive ketones (excluding diaryl/α,β-unsaturated/α-hetero) is 1. The summed E-state index contributed by atoms with van der Waals surface area (Å²) < 4.78 is 17.7. The summed E-state index contributed by atoms with van der Waals surface area (Å²) >= 11 is 0. The number of nitrogens with one attached hydrogen (secondary N) is 1. The summed E-state index contributed by atoms with van der Waals surface area (Å²) in [6, 6.07) is 3.97. The van der Waals surface area contributed by atoms with Gasteiger partial charge in [0.25, 0.3) is 0 Å². The Kier molecular flexibility index (Phi) is 9.74. The molecule has 0 aromatic heterocycles. The van der Waals surface area contributed by atoms with Crippen LogP contribution in [0.5, 0.6) is 17.2 Å². The predicted octanol–water partition coefficient (Wildman–Crippen LogP) is 2.38. The zero-order valence-corrected chi connectivity index (χ0v) is 27.7. The number of amides is 1. The highest BCUT2D eigenvalue weighted by molar-refractivity contribution is 6.31. The second-order valence-corrected chi connectivity index (χ2v) is 13.7. The van der Waals surface area contributed by atoms with Crippen molar-refractivity contribution in [2.45, 2.75) is 102 Å². The van der Waals surface area contributed by atoms with Crippen LogP contribution in [0.4, 0.5) is 0 Å². The van der Waals surface area contributed by atoms with Crippen molar-refractivity contribution in [1.82, 2.24) is 5.32 Å². The van der Waals surface area contributed by atoms with E-state index in [9.17, 15) is 44.7 Å². The van der Waals surface area contributed by atoms with Crippen molar-refractivity contribution in [3.8, 4) is 17.2 Å². The van der Waals surface area contributed by atoms with Crippen molar-refractivity contribution >= 4 is 23.3 Å². The van der Waals surface area contributed by atoms with Gasteiger partial charge in [-0.1, -0.05) is 19.1 Å². The molecule has 0 radical (unpaired) electrons. The Hall–Kier alpha value is -3.88. The number of hydrogen-bond donors (Lipinski definition) is 6. The van der Waals surface area contributed by atoms with Gasteiger partial charge >= 0.3 is 0 Å². The first-order valence-electron chi connectivity index (χ1n) is 16.1.